The quantitative estimate of drug-likeness (QED) is 0.530. The third-order valence-electron chi connectivity index (χ3n) is 1.43. The van der Waals surface area contributed by atoms with Crippen molar-refractivity contribution in [2.75, 3.05) is 0 Å². The van der Waals surface area contributed by atoms with Gasteiger partial charge in [0.15, 0.2) is 0 Å². The van der Waals surface area contributed by atoms with Gasteiger partial charge >= 0.3 is 0 Å². The van der Waals surface area contributed by atoms with E-state index in [0.717, 1.165) is 0 Å². The molecule has 2 heteroatoms. The molecule has 0 rings (SSSR count). The Labute approximate surface area is 58.9 Å². The molecule has 0 aliphatic carbocycles. The first-order valence-corrected chi connectivity index (χ1v) is 3.69. The summed E-state index contributed by atoms with van der Waals surface area (Å²) in [6.45, 7) is 11.0. The first kappa shape index (κ1) is 9.02. The van der Waals surface area contributed by atoms with E-state index in [9.17, 15) is 0 Å². The molecule has 0 aromatic carbocycles. The molecule has 1 nitrogen and oxygen atoms in total. The topological polar surface area (TPSA) is 9.23 Å². The summed E-state index contributed by atoms with van der Waals surface area (Å²) in [6.07, 6.45) is 0.363. The smallest absolute Gasteiger partial charge is 0.292 e. The van der Waals surface area contributed by atoms with E-state index < -0.39 is 0 Å². The predicted molar refractivity (Wildman–Crippen MR) is 42.9 cm³/mol. The Kier molecular flexibility index (Phi) is 3.95. The molecule has 0 saturated heterocycles. The minimum absolute atomic E-state index is 0.363. The SMILES string of the molecule is CB(OC(C)C)C(C)C. The van der Waals surface area contributed by atoms with Crippen molar-refractivity contribution in [3.05, 3.63) is 0 Å². The van der Waals surface area contributed by atoms with Crippen LogP contribution in [0.3, 0.4) is 0 Å². The molecule has 0 aromatic rings. The van der Waals surface area contributed by atoms with E-state index in [2.05, 4.69) is 34.5 Å². The Morgan fingerprint density at radius 3 is 1.67 bits per heavy atom. The zero-order chi connectivity index (χ0) is 7.44. The first-order valence-electron chi connectivity index (χ1n) is 3.69. The van der Waals surface area contributed by atoms with Crippen molar-refractivity contribution in [2.24, 2.45) is 0 Å². The lowest BCUT2D eigenvalue weighted by Crippen LogP contribution is -2.21. The molecule has 0 aromatic heterocycles. The van der Waals surface area contributed by atoms with Crippen LogP contribution < -0.4 is 0 Å². The van der Waals surface area contributed by atoms with Gasteiger partial charge < -0.3 is 4.65 Å². The molecule has 0 saturated carbocycles. The van der Waals surface area contributed by atoms with Crippen molar-refractivity contribution in [1.82, 2.24) is 0 Å². The van der Waals surface area contributed by atoms with Gasteiger partial charge in [-0.15, -0.1) is 0 Å². The third kappa shape index (κ3) is 4.52. The number of hydrogen-bond donors (Lipinski definition) is 0. The van der Waals surface area contributed by atoms with Crippen molar-refractivity contribution < 1.29 is 4.65 Å². The molecule has 54 valence electrons. The molecular weight excluding hydrogens is 111 g/mol. The molecule has 0 heterocycles. The van der Waals surface area contributed by atoms with Gasteiger partial charge in [0.05, 0.1) is 0 Å². The second-order valence-corrected chi connectivity index (χ2v) is 3.13. The molecular formula is C7H17BO. The van der Waals surface area contributed by atoms with Gasteiger partial charge in [0.2, 0.25) is 0 Å². The summed E-state index contributed by atoms with van der Waals surface area (Å²) in [6, 6.07) is 0. The van der Waals surface area contributed by atoms with Gasteiger partial charge in [-0.1, -0.05) is 20.7 Å². The highest BCUT2D eigenvalue weighted by Crippen LogP contribution is 2.09. The summed E-state index contributed by atoms with van der Waals surface area (Å²) in [5, 5.41) is 0. The summed E-state index contributed by atoms with van der Waals surface area (Å²) in [5.41, 5.74) is 0. The largest absolute Gasteiger partial charge is 0.434 e. The zero-order valence-electron chi connectivity index (χ0n) is 7.14. The van der Waals surface area contributed by atoms with Crippen LogP contribution in [0.2, 0.25) is 12.6 Å². The average Bonchev–Trinajstić information content (AvgIpc) is 1.63. The van der Waals surface area contributed by atoms with Crippen molar-refractivity contribution in [3.63, 3.8) is 0 Å². The molecule has 0 N–H and O–H groups in total. The maximum Gasteiger partial charge on any atom is 0.292 e. The highest BCUT2D eigenvalue weighted by atomic mass is 16.4. The summed E-state index contributed by atoms with van der Waals surface area (Å²) in [5.74, 6) is 0.632. The second-order valence-electron chi connectivity index (χ2n) is 3.13. The molecule has 0 radical (unpaired) electrons. The van der Waals surface area contributed by atoms with Crippen molar-refractivity contribution in [3.8, 4) is 0 Å². The summed E-state index contributed by atoms with van der Waals surface area (Å²) >= 11 is 0. The van der Waals surface area contributed by atoms with E-state index in [1.807, 2.05) is 0 Å². The second kappa shape index (κ2) is 3.94. The van der Waals surface area contributed by atoms with E-state index in [1.165, 1.54) is 0 Å². The highest BCUT2D eigenvalue weighted by Gasteiger charge is 2.13. The standard InChI is InChI=1S/C7H17BO/c1-6(2)8(5)9-7(3)4/h6-7H,1-5H3. The predicted octanol–water partition coefficient (Wildman–Crippen LogP) is 2.44. The van der Waals surface area contributed by atoms with Crippen molar-refractivity contribution in [2.45, 2.75) is 46.4 Å². The van der Waals surface area contributed by atoms with E-state index in [0.29, 0.717) is 18.8 Å². The Balaban J connectivity index is 3.38. The molecule has 0 bridgehead atoms. The maximum atomic E-state index is 5.51. The van der Waals surface area contributed by atoms with Crippen LogP contribution in [0.15, 0.2) is 0 Å². The minimum atomic E-state index is 0.363. The maximum absolute atomic E-state index is 5.51. The van der Waals surface area contributed by atoms with Gasteiger partial charge in [-0.05, 0) is 19.7 Å². The normalized spacial score (nSPS) is 11.0. The van der Waals surface area contributed by atoms with E-state index >= 15 is 0 Å². The van der Waals surface area contributed by atoms with Crippen molar-refractivity contribution in [1.29, 1.82) is 0 Å². The van der Waals surface area contributed by atoms with Crippen LogP contribution in [0.1, 0.15) is 27.7 Å². The van der Waals surface area contributed by atoms with E-state index in [1.54, 1.807) is 0 Å². The summed E-state index contributed by atoms with van der Waals surface area (Å²) in [4.78, 5) is 0. The molecule has 0 spiro atoms. The molecule has 0 aliphatic rings. The average molecular weight is 128 g/mol. The minimum Gasteiger partial charge on any atom is -0.434 e. The molecule has 0 fully saturated rings. The monoisotopic (exact) mass is 128 g/mol. The number of rotatable bonds is 3. The van der Waals surface area contributed by atoms with Crippen LogP contribution in [0.25, 0.3) is 0 Å². The fourth-order valence-electron chi connectivity index (χ4n) is 0.586. The lowest BCUT2D eigenvalue weighted by molar-refractivity contribution is 0.240. The Morgan fingerprint density at radius 2 is 1.56 bits per heavy atom. The number of hydrogen-bond acceptors (Lipinski definition) is 1. The van der Waals surface area contributed by atoms with E-state index in [-0.39, 0.29) is 0 Å². The highest BCUT2D eigenvalue weighted by molar-refractivity contribution is 6.51. The fraction of sp³-hybridized carbons (Fsp3) is 1.00. The lowest BCUT2D eigenvalue weighted by atomic mass is 9.60. The fourth-order valence-corrected chi connectivity index (χ4v) is 0.586. The van der Waals surface area contributed by atoms with Gasteiger partial charge in [-0.2, -0.15) is 0 Å². The summed E-state index contributed by atoms with van der Waals surface area (Å²) < 4.78 is 5.51. The first-order chi connectivity index (χ1) is 4.04. The van der Waals surface area contributed by atoms with Crippen LogP contribution >= 0.6 is 0 Å². The van der Waals surface area contributed by atoms with Crippen LogP contribution in [0.5, 0.6) is 0 Å². The summed E-state index contributed by atoms with van der Waals surface area (Å²) in [7, 11) is 0. The molecule has 0 aliphatic heterocycles. The molecule has 0 unspecified atom stereocenters. The van der Waals surface area contributed by atoms with E-state index in [4.69, 9.17) is 4.65 Å². The van der Waals surface area contributed by atoms with Gasteiger partial charge in [0, 0.05) is 6.10 Å². The van der Waals surface area contributed by atoms with Gasteiger partial charge in [0.1, 0.15) is 0 Å². The molecule has 0 amide bonds. The van der Waals surface area contributed by atoms with Crippen molar-refractivity contribution >= 4 is 6.92 Å². The third-order valence-corrected chi connectivity index (χ3v) is 1.43. The van der Waals surface area contributed by atoms with Crippen LogP contribution in [0.4, 0.5) is 0 Å². The van der Waals surface area contributed by atoms with Gasteiger partial charge in [-0.25, -0.2) is 0 Å². The van der Waals surface area contributed by atoms with Gasteiger partial charge in [0.25, 0.3) is 6.92 Å². The zero-order valence-corrected chi connectivity index (χ0v) is 7.14. The Morgan fingerprint density at radius 1 is 1.11 bits per heavy atom. The van der Waals surface area contributed by atoms with Crippen LogP contribution in [-0.4, -0.2) is 13.0 Å². The van der Waals surface area contributed by atoms with Gasteiger partial charge in [-0.3, -0.25) is 0 Å². The lowest BCUT2D eigenvalue weighted by Gasteiger charge is -2.15. The molecule has 9 heavy (non-hydrogen) atoms. The molecule has 0 atom stereocenters. The Hall–Kier alpha value is 0.0249. The van der Waals surface area contributed by atoms with Crippen LogP contribution in [-0.2, 0) is 4.65 Å². The Bertz CT molecular complexity index is 71.3. The van der Waals surface area contributed by atoms with Crippen LogP contribution in [0, 0.1) is 0 Å².